The second-order valence-corrected chi connectivity index (χ2v) is 3.70. The molecule has 1 heterocycles. The molecule has 14 heavy (non-hydrogen) atoms. The number of rotatable bonds is 3. The van der Waals surface area contributed by atoms with E-state index in [2.05, 4.69) is 4.98 Å². The van der Waals surface area contributed by atoms with Crippen molar-refractivity contribution in [3.8, 4) is 0 Å². The Bertz CT molecular complexity index is 333. The van der Waals surface area contributed by atoms with Crippen LogP contribution in [-0.2, 0) is 13.2 Å². The lowest BCUT2D eigenvalue weighted by Gasteiger charge is -2.11. The Morgan fingerprint density at radius 3 is 2.64 bits per heavy atom. The van der Waals surface area contributed by atoms with Crippen molar-refractivity contribution in [3.05, 3.63) is 26.6 Å². The average molecular weight is 314 g/mol. The number of aromatic nitrogens is 1. The first-order valence-electron chi connectivity index (χ1n) is 3.87. The maximum absolute atomic E-state index is 12.6. The molecule has 0 aromatic carbocycles. The highest BCUT2D eigenvalue weighted by molar-refractivity contribution is 14.1. The summed E-state index contributed by atoms with van der Waals surface area (Å²) in [5.41, 5.74) is 5.77. The lowest BCUT2D eigenvalue weighted by Crippen LogP contribution is -2.08. The minimum absolute atomic E-state index is 0.0222. The van der Waals surface area contributed by atoms with E-state index in [1.165, 1.54) is 6.20 Å². The maximum atomic E-state index is 12.6. The lowest BCUT2D eigenvalue weighted by atomic mass is 10.1. The number of aliphatic hydroxyl groups excluding tert-OH is 1. The number of nitrogens with two attached hydrogens (primary N) is 1. The fourth-order valence-corrected chi connectivity index (χ4v) is 1.98. The van der Waals surface area contributed by atoms with Crippen LogP contribution >= 0.6 is 22.6 Å². The summed E-state index contributed by atoms with van der Waals surface area (Å²) in [5.74, 6) is 0. The summed E-state index contributed by atoms with van der Waals surface area (Å²) in [7, 11) is 0. The molecule has 0 unspecified atom stereocenters. The summed E-state index contributed by atoms with van der Waals surface area (Å²) in [5, 5.41) is 8.84. The maximum Gasteiger partial charge on any atom is 0.265 e. The molecular weight excluding hydrogens is 305 g/mol. The smallest absolute Gasteiger partial charge is 0.265 e. The van der Waals surface area contributed by atoms with Gasteiger partial charge in [0.2, 0.25) is 0 Å². The summed E-state index contributed by atoms with van der Waals surface area (Å²) >= 11 is 1.75. The first-order chi connectivity index (χ1) is 6.61. The molecule has 1 aromatic heterocycles. The molecule has 1 rings (SSSR count). The largest absolute Gasteiger partial charge is 0.390 e. The fraction of sp³-hybridized carbons (Fsp3) is 0.375. The molecule has 78 valence electrons. The van der Waals surface area contributed by atoms with Gasteiger partial charge in [0, 0.05) is 21.9 Å². The molecule has 0 saturated carbocycles. The number of pyridine rings is 1. The fourth-order valence-electron chi connectivity index (χ4n) is 1.09. The highest BCUT2D eigenvalue weighted by atomic mass is 127. The minimum Gasteiger partial charge on any atom is -0.390 e. The van der Waals surface area contributed by atoms with Crippen LogP contribution in [0.5, 0.6) is 0 Å². The molecule has 1 aromatic rings. The van der Waals surface area contributed by atoms with Crippen LogP contribution in [0.2, 0.25) is 0 Å². The zero-order chi connectivity index (χ0) is 10.7. The summed E-state index contributed by atoms with van der Waals surface area (Å²) in [6.45, 7) is -0.322. The van der Waals surface area contributed by atoms with Crippen LogP contribution in [0.4, 0.5) is 8.78 Å². The molecule has 0 fully saturated rings. The Morgan fingerprint density at radius 1 is 1.57 bits per heavy atom. The van der Waals surface area contributed by atoms with Gasteiger partial charge in [0.05, 0.1) is 12.3 Å². The van der Waals surface area contributed by atoms with Crippen LogP contribution in [0, 0.1) is 3.57 Å². The molecule has 0 amide bonds. The molecule has 0 aliphatic rings. The molecule has 6 heteroatoms. The van der Waals surface area contributed by atoms with Crippen LogP contribution in [-0.4, -0.2) is 10.1 Å². The van der Waals surface area contributed by atoms with Crippen LogP contribution in [0.15, 0.2) is 6.20 Å². The van der Waals surface area contributed by atoms with Gasteiger partial charge in [0.15, 0.2) is 0 Å². The molecule has 0 spiro atoms. The number of hydrogen-bond donors (Lipinski definition) is 2. The molecule has 3 nitrogen and oxygen atoms in total. The first kappa shape index (κ1) is 11.7. The van der Waals surface area contributed by atoms with Gasteiger partial charge in [-0.05, 0) is 28.2 Å². The topological polar surface area (TPSA) is 59.1 Å². The van der Waals surface area contributed by atoms with Crippen molar-refractivity contribution in [2.24, 2.45) is 5.73 Å². The molecule has 0 saturated heterocycles. The van der Waals surface area contributed by atoms with Gasteiger partial charge in [-0.25, -0.2) is 8.78 Å². The third-order valence-electron chi connectivity index (χ3n) is 1.80. The molecule has 0 aliphatic heterocycles. The van der Waals surface area contributed by atoms with E-state index in [4.69, 9.17) is 10.8 Å². The van der Waals surface area contributed by atoms with Gasteiger partial charge in [-0.1, -0.05) is 0 Å². The second kappa shape index (κ2) is 4.94. The third-order valence-corrected chi connectivity index (χ3v) is 3.00. The molecular formula is C8H9F2IN2O. The zero-order valence-electron chi connectivity index (χ0n) is 7.17. The Balaban J connectivity index is 3.31. The highest BCUT2D eigenvalue weighted by Gasteiger charge is 2.19. The van der Waals surface area contributed by atoms with E-state index in [1.807, 2.05) is 0 Å². The van der Waals surface area contributed by atoms with E-state index < -0.39 is 6.43 Å². The van der Waals surface area contributed by atoms with Gasteiger partial charge < -0.3 is 10.8 Å². The van der Waals surface area contributed by atoms with Gasteiger partial charge >= 0.3 is 0 Å². The standard InChI is InChI=1S/C8H9F2IN2O/c9-8(10)6-4(1-12)2-13-5(3-14)7(6)11/h2,8,14H,1,3,12H2. The average Bonchev–Trinajstić information content (AvgIpc) is 2.16. The molecule has 0 aliphatic carbocycles. The van der Waals surface area contributed by atoms with Crippen molar-refractivity contribution in [2.75, 3.05) is 0 Å². The van der Waals surface area contributed by atoms with Gasteiger partial charge in [0.25, 0.3) is 6.43 Å². The number of alkyl halides is 2. The van der Waals surface area contributed by atoms with Gasteiger partial charge in [-0.3, -0.25) is 4.98 Å². The van der Waals surface area contributed by atoms with Crippen molar-refractivity contribution < 1.29 is 13.9 Å². The van der Waals surface area contributed by atoms with E-state index in [-0.39, 0.29) is 24.4 Å². The Labute approximate surface area is 93.5 Å². The van der Waals surface area contributed by atoms with E-state index in [9.17, 15) is 8.78 Å². The number of halogens is 3. The number of nitrogens with zero attached hydrogens (tertiary/aromatic N) is 1. The number of hydrogen-bond acceptors (Lipinski definition) is 3. The summed E-state index contributed by atoms with van der Waals surface area (Å²) in [4.78, 5) is 3.84. The quantitative estimate of drug-likeness (QED) is 0.833. The normalized spacial score (nSPS) is 11.0. The van der Waals surface area contributed by atoms with Gasteiger partial charge in [-0.15, -0.1) is 0 Å². The van der Waals surface area contributed by atoms with Crippen molar-refractivity contribution in [2.45, 2.75) is 19.6 Å². The second-order valence-electron chi connectivity index (χ2n) is 2.62. The molecule has 0 radical (unpaired) electrons. The molecule has 0 atom stereocenters. The van der Waals surface area contributed by atoms with Crippen LogP contribution in [0.25, 0.3) is 0 Å². The summed E-state index contributed by atoms with van der Waals surface area (Å²) in [6, 6.07) is 0. The van der Waals surface area contributed by atoms with Crippen molar-refractivity contribution in [1.29, 1.82) is 0 Å². The Kier molecular flexibility index (Phi) is 4.14. The van der Waals surface area contributed by atoms with E-state index >= 15 is 0 Å². The van der Waals surface area contributed by atoms with Crippen molar-refractivity contribution in [3.63, 3.8) is 0 Å². The monoisotopic (exact) mass is 314 g/mol. The SMILES string of the molecule is NCc1cnc(CO)c(I)c1C(F)F. The number of aliphatic hydroxyl groups is 1. The zero-order valence-corrected chi connectivity index (χ0v) is 9.33. The summed E-state index contributed by atoms with van der Waals surface area (Å²) < 4.78 is 25.5. The summed E-state index contributed by atoms with van der Waals surface area (Å²) in [6.07, 6.45) is -1.30. The first-order valence-corrected chi connectivity index (χ1v) is 4.94. The van der Waals surface area contributed by atoms with E-state index in [0.29, 0.717) is 9.13 Å². The highest BCUT2D eigenvalue weighted by Crippen LogP contribution is 2.29. The molecule has 3 N–H and O–H groups in total. The lowest BCUT2D eigenvalue weighted by molar-refractivity contribution is 0.148. The molecule has 0 bridgehead atoms. The van der Waals surface area contributed by atoms with Gasteiger partial charge in [0.1, 0.15) is 0 Å². The van der Waals surface area contributed by atoms with Crippen LogP contribution in [0.3, 0.4) is 0 Å². The minimum atomic E-state index is -2.59. The van der Waals surface area contributed by atoms with Gasteiger partial charge in [-0.2, -0.15) is 0 Å². The van der Waals surface area contributed by atoms with Crippen molar-refractivity contribution in [1.82, 2.24) is 4.98 Å². The Hall–Kier alpha value is -0.340. The van der Waals surface area contributed by atoms with Crippen molar-refractivity contribution >= 4 is 22.6 Å². The van der Waals surface area contributed by atoms with E-state index in [1.54, 1.807) is 22.6 Å². The van der Waals surface area contributed by atoms with Crippen LogP contribution in [0.1, 0.15) is 23.2 Å². The van der Waals surface area contributed by atoms with E-state index in [0.717, 1.165) is 0 Å². The van der Waals surface area contributed by atoms with Crippen LogP contribution < -0.4 is 5.73 Å². The predicted octanol–water partition coefficient (Wildman–Crippen LogP) is 1.57. The Morgan fingerprint density at radius 2 is 2.21 bits per heavy atom. The third kappa shape index (κ3) is 2.18. The predicted molar refractivity (Wildman–Crippen MR) is 55.7 cm³/mol.